The average Bonchev–Trinajstić information content (AvgIpc) is 1.64. The van der Waals surface area contributed by atoms with Crippen molar-refractivity contribution in [1.29, 1.82) is 0 Å². The Bertz CT molecular complexity index is 72.6. The second-order valence-corrected chi connectivity index (χ2v) is 2.21. The van der Waals surface area contributed by atoms with E-state index in [1.54, 1.807) is 0 Å². The van der Waals surface area contributed by atoms with Gasteiger partial charge in [0, 0.05) is 25.7 Å². The van der Waals surface area contributed by atoms with E-state index in [0.29, 0.717) is 12.6 Å². The molecule has 56 valence electrons. The van der Waals surface area contributed by atoms with Crippen molar-refractivity contribution in [1.82, 2.24) is 4.90 Å². The summed E-state index contributed by atoms with van der Waals surface area (Å²) in [5, 5.41) is 0. The summed E-state index contributed by atoms with van der Waals surface area (Å²) < 4.78 is 11.5. The predicted octanol–water partition coefficient (Wildman–Crippen LogP) is 0.0206. The molecular formula is C5H12ClFN2. The van der Waals surface area contributed by atoms with Gasteiger partial charge in [-0.05, 0) is 0 Å². The van der Waals surface area contributed by atoms with Crippen molar-refractivity contribution in [3.05, 3.63) is 0 Å². The zero-order valence-electron chi connectivity index (χ0n) is 5.22. The summed E-state index contributed by atoms with van der Waals surface area (Å²) in [6, 6.07) is 0.307. The number of likely N-dealkylation sites (tertiary alicyclic amines) is 1. The van der Waals surface area contributed by atoms with Gasteiger partial charge >= 0.3 is 0 Å². The molecule has 0 aliphatic carbocycles. The third-order valence-electron chi connectivity index (χ3n) is 1.39. The van der Waals surface area contributed by atoms with Gasteiger partial charge < -0.3 is 5.73 Å². The van der Waals surface area contributed by atoms with Crippen LogP contribution >= 0.6 is 12.4 Å². The number of nitrogens with zero attached hydrogens (tertiary/aromatic N) is 1. The molecule has 2 nitrogen and oxygen atoms in total. The van der Waals surface area contributed by atoms with Gasteiger partial charge in [0.2, 0.25) is 0 Å². The fourth-order valence-corrected chi connectivity index (χ4v) is 0.912. The smallest absolute Gasteiger partial charge is 0.102 e. The van der Waals surface area contributed by atoms with Crippen molar-refractivity contribution in [2.45, 2.75) is 6.04 Å². The van der Waals surface area contributed by atoms with Gasteiger partial charge in [-0.3, -0.25) is 4.90 Å². The van der Waals surface area contributed by atoms with Crippen molar-refractivity contribution in [3.63, 3.8) is 0 Å². The molecule has 0 unspecified atom stereocenters. The van der Waals surface area contributed by atoms with Crippen molar-refractivity contribution in [2.24, 2.45) is 5.73 Å². The summed E-state index contributed by atoms with van der Waals surface area (Å²) in [5.74, 6) is 0. The zero-order chi connectivity index (χ0) is 5.98. The van der Waals surface area contributed by atoms with E-state index >= 15 is 0 Å². The maximum Gasteiger partial charge on any atom is 0.102 e. The average molecular weight is 155 g/mol. The second kappa shape index (κ2) is 4.04. The van der Waals surface area contributed by atoms with Crippen LogP contribution in [0.3, 0.4) is 0 Å². The number of halogens is 2. The lowest BCUT2D eigenvalue weighted by Crippen LogP contribution is -2.56. The van der Waals surface area contributed by atoms with E-state index in [0.717, 1.165) is 13.1 Å². The Morgan fingerprint density at radius 3 is 2.44 bits per heavy atom. The Hall–Kier alpha value is 0.140. The Kier molecular flexibility index (Phi) is 4.10. The lowest BCUT2D eigenvalue weighted by Gasteiger charge is -2.35. The van der Waals surface area contributed by atoms with Crippen LogP contribution in [0.4, 0.5) is 4.39 Å². The third kappa shape index (κ3) is 2.47. The highest BCUT2D eigenvalue weighted by Gasteiger charge is 2.21. The Morgan fingerprint density at radius 2 is 2.11 bits per heavy atom. The summed E-state index contributed by atoms with van der Waals surface area (Å²) in [6.45, 7) is 2.08. The van der Waals surface area contributed by atoms with E-state index in [2.05, 4.69) is 0 Å². The lowest BCUT2D eigenvalue weighted by molar-refractivity contribution is 0.140. The highest BCUT2D eigenvalue weighted by molar-refractivity contribution is 5.85. The van der Waals surface area contributed by atoms with E-state index in [4.69, 9.17) is 5.73 Å². The topological polar surface area (TPSA) is 29.3 Å². The molecule has 0 amide bonds. The van der Waals surface area contributed by atoms with Gasteiger partial charge in [0.15, 0.2) is 0 Å². The van der Waals surface area contributed by atoms with Gasteiger partial charge in [-0.15, -0.1) is 12.4 Å². The molecule has 0 spiro atoms. The number of nitrogens with two attached hydrogens (primary N) is 1. The molecule has 1 saturated heterocycles. The van der Waals surface area contributed by atoms with Crippen LogP contribution in [-0.2, 0) is 0 Å². The van der Waals surface area contributed by atoms with Crippen molar-refractivity contribution >= 4 is 12.4 Å². The maximum absolute atomic E-state index is 11.5. The quantitative estimate of drug-likeness (QED) is 0.608. The SMILES string of the molecule is Cl.NC1CN(CCF)C1. The Labute approximate surface area is 60.6 Å². The summed E-state index contributed by atoms with van der Waals surface area (Å²) in [7, 11) is 0. The van der Waals surface area contributed by atoms with Crippen molar-refractivity contribution < 1.29 is 4.39 Å². The maximum atomic E-state index is 11.5. The monoisotopic (exact) mass is 154 g/mol. The standard InChI is InChI=1S/C5H11FN2.ClH/c6-1-2-8-3-5(7)4-8;/h5H,1-4,7H2;1H. The van der Waals surface area contributed by atoms with Crippen LogP contribution in [0.2, 0.25) is 0 Å². The largest absolute Gasteiger partial charge is 0.325 e. The first-order valence-electron chi connectivity index (χ1n) is 2.87. The van der Waals surface area contributed by atoms with E-state index in [1.807, 2.05) is 4.90 Å². The number of rotatable bonds is 2. The minimum atomic E-state index is -0.243. The van der Waals surface area contributed by atoms with Gasteiger partial charge in [0.25, 0.3) is 0 Å². The molecule has 0 aromatic carbocycles. The van der Waals surface area contributed by atoms with Crippen LogP contribution in [0.5, 0.6) is 0 Å². The minimum Gasteiger partial charge on any atom is -0.325 e. The lowest BCUT2D eigenvalue weighted by atomic mass is 10.1. The molecule has 2 N–H and O–H groups in total. The number of hydrogen-bond donors (Lipinski definition) is 1. The molecule has 0 radical (unpaired) electrons. The summed E-state index contributed by atoms with van der Waals surface area (Å²) in [6.07, 6.45) is 0. The Balaban J connectivity index is 0.000000640. The molecule has 4 heteroatoms. The number of hydrogen-bond acceptors (Lipinski definition) is 2. The molecule has 1 rings (SSSR count). The molecule has 0 aromatic heterocycles. The molecule has 1 fully saturated rings. The molecule has 0 atom stereocenters. The van der Waals surface area contributed by atoms with Crippen LogP contribution in [0.15, 0.2) is 0 Å². The summed E-state index contributed by atoms with van der Waals surface area (Å²) in [4.78, 5) is 2.00. The van der Waals surface area contributed by atoms with E-state index in [1.165, 1.54) is 0 Å². The van der Waals surface area contributed by atoms with Gasteiger partial charge in [0.05, 0.1) is 0 Å². The highest BCUT2D eigenvalue weighted by Crippen LogP contribution is 2.02. The van der Waals surface area contributed by atoms with Gasteiger partial charge in [-0.1, -0.05) is 0 Å². The number of alkyl halides is 1. The Morgan fingerprint density at radius 1 is 1.56 bits per heavy atom. The van der Waals surface area contributed by atoms with E-state index < -0.39 is 0 Å². The van der Waals surface area contributed by atoms with E-state index in [9.17, 15) is 4.39 Å². The molecule has 9 heavy (non-hydrogen) atoms. The van der Waals surface area contributed by atoms with Gasteiger partial charge in [-0.25, -0.2) is 4.39 Å². The van der Waals surface area contributed by atoms with Crippen LogP contribution in [-0.4, -0.2) is 37.3 Å². The van der Waals surface area contributed by atoms with Crippen LogP contribution in [0.25, 0.3) is 0 Å². The molecule has 0 saturated carbocycles. The first-order chi connectivity index (χ1) is 3.83. The fourth-order valence-electron chi connectivity index (χ4n) is 0.912. The predicted molar refractivity (Wildman–Crippen MR) is 37.6 cm³/mol. The molecule has 0 bridgehead atoms. The van der Waals surface area contributed by atoms with Crippen molar-refractivity contribution in [3.8, 4) is 0 Å². The molecule has 1 aliphatic rings. The zero-order valence-corrected chi connectivity index (χ0v) is 6.03. The van der Waals surface area contributed by atoms with Gasteiger partial charge in [-0.2, -0.15) is 0 Å². The molecule has 0 aromatic rings. The second-order valence-electron chi connectivity index (χ2n) is 2.21. The molecule has 1 heterocycles. The van der Waals surface area contributed by atoms with Crippen LogP contribution < -0.4 is 5.73 Å². The highest BCUT2D eigenvalue weighted by atomic mass is 35.5. The minimum absolute atomic E-state index is 0. The third-order valence-corrected chi connectivity index (χ3v) is 1.39. The first-order valence-corrected chi connectivity index (χ1v) is 2.87. The van der Waals surface area contributed by atoms with Gasteiger partial charge in [0.1, 0.15) is 6.67 Å². The summed E-state index contributed by atoms with van der Waals surface area (Å²) in [5.41, 5.74) is 5.44. The summed E-state index contributed by atoms with van der Waals surface area (Å²) >= 11 is 0. The first kappa shape index (κ1) is 9.14. The van der Waals surface area contributed by atoms with Crippen molar-refractivity contribution in [2.75, 3.05) is 26.3 Å². The van der Waals surface area contributed by atoms with Crippen LogP contribution in [0.1, 0.15) is 0 Å². The fraction of sp³-hybridized carbons (Fsp3) is 1.00. The van der Waals surface area contributed by atoms with E-state index in [-0.39, 0.29) is 19.1 Å². The molecular weight excluding hydrogens is 143 g/mol. The van der Waals surface area contributed by atoms with Crippen LogP contribution in [0, 0.1) is 0 Å². The molecule has 1 aliphatic heterocycles. The normalized spacial score (nSPS) is 20.7.